The largest absolute Gasteiger partial charge is 0.379 e. The number of hydrogen-bond acceptors (Lipinski definition) is 2. The van der Waals surface area contributed by atoms with Crippen molar-refractivity contribution in [2.45, 2.75) is 33.2 Å². The van der Waals surface area contributed by atoms with E-state index in [2.05, 4.69) is 18.2 Å². The van der Waals surface area contributed by atoms with Crippen molar-refractivity contribution in [1.82, 2.24) is 9.78 Å². The van der Waals surface area contributed by atoms with Crippen LogP contribution in [0.2, 0.25) is 0 Å². The van der Waals surface area contributed by atoms with E-state index >= 15 is 0 Å². The highest BCUT2D eigenvalue weighted by atomic mass is 16.5. The fourth-order valence-corrected chi connectivity index (χ4v) is 1.36. The van der Waals surface area contributed by atoms with Crippen LogP contribution in [0.5, 0.6) is 0 Å². The van der Waals surface area contributed by atoms with Crippen molar-refractivity contribution in [2.75, 3.05) is 13.2 Å². The molecule has 1 aromatic heterocycles. The Morgan fingerprint density at radius 3 is 2.77 bits per heavy atom. The van der Waals surface area contributed by atoms with Crippen molar-refractivity contribution in [3.8, 4) is 0 Å². The molecule has 1 aliphatic rings. The van der Waals surface area contributed by atoms with Crippen molar-refractivity contribution < 1.29 is 4.74 Å². The van der Waals surface area contributed by atoms with Crippen LogP contribution in [0.25, 0.3) is 0 Å². The summed E-state index contributed by atoms with van der Waals surface area (Å²) >= 11 is 0. The van der Waals surface area contributed by atoms with E-state index in [0.717, 1.165) is 19.6 Å². The zero-order chi connectivity index (χ0) is 9.68. The van der Waals surface area contributed by atoms with Crippen molar-refractivity contribution >= 4 is 0 Å². The highest BCUT2D eigenvalue weighted by molar-refractivity contribution is 5.00. The molecule has 1 fully saturated rings. The third-order valence-corrected chi connectivity index (χ3v) is 2.01. The summed E-state index contributed by atoms with van der Waals surface area (Å²) < 4.78 is 7.26. The summed E-state index contributed by atoms with van der Waals surface area (Å²) in [4.78, 5) is 0. The maximum Gasteiger partial charge on any atom is 0.0774 e. The molecular weight excluding hydrogens is 164 g/mol. The molecule has 0 aromatic carbocycles. The summed E-state index contributed by atoms with van der Waals surface area (Å²) in [5.74, 6) is 0. The van der Waals surface area contributed by atoms with Gasteiger partial charge in [-0.15, -0.1) is 0 Å². The van der Waals surface area contributed by atoms with Gasteiger partial charge in [0.2, 0.25) is 0 Å². The van der Waals surface area contributed by atoms with Crippen LogP contribution in [0.1, 0.15) is 31.9 Å². The maximum absolute atomic E-state index is 5.26. The summed E-state index contributed by atoms with van der Waals surface area (Å²) in [6.45, 7) is 7.75. The second-order valence-corrected chi connectivity index (χ2v) is 3.02. The first kappa shape index (κ1) is 10.3. The average Bonchev–Trinajstić information content (AvgIpc) is 2.77. The Bertz CT molecular complexity index is 239. The van der Waals surface area contributed by atoms with E-state index in [-0.39, 0.29) is 0 Å². The van der Waals surface area contributed by atoms with Crippen molar-refractivity contribution in [2.24, 2.45) is 0 Å². The molecule has 0 saturated carbocycles. The fourth-order valence-electron chi connectivity index (χ4n) is 1.36. The Labute approximate surface area is 79.7 Å². The molecular formula is C10H18N2O. The van der Waals surface area contributed by atoms with E-state index in [4.69, 9.17) is 4.74 Å². The monoisotopic (exact) mass is 182 g/mol. The first-order valence-electron chi connectivity index (χ1n) is 4.95. The van der Waals surface area contributed by atoms with Crippen LogP contribution < -0.4 is 0 Å². The quantitative estimate of drug-likeness (QED) is 0.665. The van der Waals surface area contributed by atoms with Crippen molar-refractivity contribution in [3.05, 3.63) is 18.0 Å². The van der Waals surface area contributed by atoms with Crippen LogP contribution in [0, 0.1) is 6.92 Å². The molecule has 0 spiro atoms. The van der Waals surface area contributed by atoms with E-state index in [1.807, 2.05) is 24.7 Å². The molecule has 1 aliphatic heterocycles. The Hall–Kier alpha value is -0.830. The predicted molar refractivity (Wildman–Crippen MR) is 52.8 cm³/mol. The van der Waals surface area contributed by atoms with Crippen LogP contribution in [-0.2, 0) is 4.74 Å². The smallest absolute Gasteiger partial charge is 0.0774 e. The third-order valence-electron chi connectivity index (χ3n) is 2.01. The van der Waals surface area contributed by atoms with E-state index in [9.17, 15) is 0 Å². The standard InChI is InChI=1S/C8H12N2O.C2H6/c1-7-4-9-10(5-7)8-2-3-11-6-8;1-2/h4-5,8H,2-3,6H2,1H3;1-2H3. The molecule has 74 valence electrons. The lowest BCUT2D eigenvalue weighted by Gasteiger charge is -2.06. The van der Waals surface area contributed by atoms with Gasteiger partial charge in [0.25, 0.3) is 0 Å². The zero-order valence-electron chi connectivity index (χ0n) is 8.66. The molecule has 0 aliphatic carbocycles. The summed E-state index contributed by atoms with van der Waals surface area (Å²) in [7, 11) is 0. The van der Waals surface area contributed by atoms with Crippen LogP contribution in [-0.4, -0.2) is 23.0 Å². The van der Waals surface area contributed by atoms with Crippen LogP contribution in [0.15, 0.2) is 12.4 Å². The molecule has 0 N–H and O–H groups in total. The van der Waals surface area contributed by atoms with Crippen LogP contribution >= 0.6 is 0 Å². The Morgan fingerprint density at radius 1 is 1.54 bits per heavy atom. The fraction of sp³-hybridized carbons (Fsp3) is 0.700. The molecule has 0 amide bonds. The minimum atomic E-state index is 0.476. The van der Waals surface area contributed by atoms with Gasteiger partial charge in [0.05, 0.1) is 18.8 Å². The third kappa shape index (κ3) is 2.56. The molecule has 2 heterocycles. The zero-order valence-corrected chi connectivity index (χ0v) is 8.66. The first-order valence-corrected chi connectivity index (χ1v) is 4.95. The number of nitrogens with zero attached hydrogens (tertiary/aromatic N) is 2. The molecule has 1 saturated heterocycles. The van der Waals surface area contributed by atoms with Gasteiger partial charge < -0.3 is 4.74 Å². The number of rotatable bonds is 1. The van der Waals surface area contributed by atoms with E-state index in [1.165, 1.54) is 5.56 Å². The Kier molecular flexibility index (Phi) is 3.96. The molecule has 1 unspecified atom stereocenters. The SMILES string of the molecule is CC.Cc1cnn(C2CCOC2)c1. The van der Waals surface area contributed by atoms with Gasteiger partial charge in [-0.05, 0) is 18.9 Å². The molecule has 1 atom stereocenters. The van der Waals surface area contributed by atoms with E-state index in [0.29, 0.717) is 6.04 Å². The maximum atomic E-state index is 5.26. The molecule has 1 aromatic rings. The number of hydrogen-bond donors (Lipinski definition) is 0. The normalized spacial score (nSPS) is 21.0. The van der Waals surface area contributed by atoms with Gasteiger partial charge in [0, 0.05) is 12.8 Å². The van der Waals surface area contributed by atoms with Crippen LogP contribution in [0.3, 0.4) is 0 Å². The molecule has 3 heteroatoms. The van der Waals surface area contributed by atoms with Crippen LogP contribution in [0.4, 0.5) is 0 Å². The molecule has 3 nitrogen and oxygen atoms in total. The topological polar surface area (TPSA) is 27.1 Å². The van der Waals surface area contributed by atoms with Gasteiger partial charge in [-0.1, -0.05) is 13.8 Å². The van der Waals surface area contributed by atoms with Gasteiger partial charge in [0.1, 0.15) is 0 Å². The first-order chi connectivity index (χ1) is 6.36. The summed E-state index contributed by atoms with van der Waals surface area (Å²) in [6.07, 6.45) is 5.05. The Morgan fingerprint density at radius 2 is 2.31 bits per heavy atom. The Balaban J connectivity index is 0.000000396. The molecule has 0 radical (unpaired) electrons. The number of aromatic nitrogens is 2. The lowest BCUT2D eigenvalue weighted by atomic mass is 10.3. The number of aryl methyl sites for hydroxylation is 1. The second-order valence-electron chi connectivity index (χ2n) is 3.02. The predicted octanol–water partition coefficient (Wildman–Crippen LogP) is 2.18. The molecule has 13 heavy (non-hydrogen) atoms. The highest BCUT2D eigenvalue weighted by Crippen LogP contribution is 2.17. The van der Waals surface area contributed by atoms with Gasteiger partial charge >= 0.3 is 0 Å². The van der Waals surface area contributed by atoms with Gasteiger partial charge in [-0.3, -0.25) is 4.68 Å². The lowest BCUT2D eigenvalue weighted by molar-refractivity contribution is 0.184. The average molecular weight is 182 g/mol. The van der Waals surface area contributed by atoms with E-state index < -0.39 is 0 Å². The van der Waals surface area contributed by atoms with Crippen molar-refractivity contribution in [1.29, 1.82) is 0 Å². The minimum Gasteiger partial charge on any atom is -0.379 e. The highest BCUT2D eigenvalue weighted by Gasteiger charge is 2.17. The summed E-state index contributed by atoms with van der Waals surface area (Å²) in [5.41, 5.74) is 1.22. The van der Waals surface area contributed by atoms with Crippen molar-refractivity contribution in [3.63, 3.8) is 0 Å². The van der Waals surface area contributed by atoms with E-state index in [1.54, 1.807) is 0 Å². The summed E-state index contributed by atoms with van der Waals surface area (Å²) in [6, 6.07) is 0.476. The molecule has 2 rings (SSSR count). The minimum absolute atomic E-state index is 0.476. The number of ether oxygens (including phenoxy) is 1. The molecule has 0 bridgehead atoms. The summed E-state index contributed by atoms with van der Waals surface area (Å²) in [5, 5.41) is 4.23. The lowest BCUT2D eigenvalue weighted by Crippen LogP contribution is -2.08. The second kappa shape index (κ2) is 5.02. The van der Waals surface area contributed by atoms with Gasteiger partial charge in [-0.2, -0.15) is 5.10 Å². The van der Waals surface area contributed by atoms with Gasteiger partial charge in [-0.25, -0.2) is 0 Å². The van der Waals surface area contributed by atoms with Gasteiger partial charge in [0.15, 0.2) is 0 Å².